The Morgan fingerprint density at radius 2 is 1.83 bits per heavy atom. The SMILES string of the molecule is Cc1nnc(NCC2CCCCC2CCl)nc1C. The maximum absolute atomic E-state index is 6.03. The molecule has 0 spiro atoms. The fourth-order valence-electron chi connectivity index (χ4n) is 2.51. The number of nitrogens with zero attached hydrogens (tertiary/aromatic N) is 3. The predicted molar refractivity (Wildman–Crippen MR) is 74.0 cm³/mol. The number of alkyl halides is 1. The number of anilines is 1. The molecule has 18 heavy (non-hydrogen) atoms. The Balaban J connectivity index is 1.91. The van der Waals surface area contributed by atoms with Crippen LogP contribution in [-0.2, 0) is 0 Å². The van der Waals surface area contributed by atoms with E-state index in [0.29, 0.717) is 17.8 Å². The summed E-state index contributed by atoms with van der Waals surface area (Å²) in [4.78, 5) is 4.39. The van der Waals surface area contributed by atoms with Crippen molar-refractivity contribution in [2.24, 2.45) is 11.8 Å². The van der Waals surface area contributed by atoms with Gasteiger partial charge in [-0.2, -0.15) is 5.10 Å². The Labute approximate surface area is 114 Å². The molecule has 5 heteroatoms. The lowest BCUT2D eigenvalue weighted by Crippen LogP contribution is -2.28. The van der Waals surface area contributed by atoms with Crippen LogP contribution in [0.3, 0.4) is 0 Å². The third-order valence-electron chi connectivity index (χ3n) is 3.88. The van der Waals surface area contributed by atoms with Crippen LogP contribution < -0.4 is 5.32 Å². The van der Waals surface area contributed by atoms with Crippen LogP contribution in [-0.4, -0.2) is 27.6 Å². The molecule has 2 unspecified atom stereocenters. The molecule has 0 aromatic carbocycles. The van der Waals surface area contributed by atoms with Crippen molar-refractivity contribution in [1.29, 1.82) is 0 Å². The Hall–Kier alpha value is -0.900. The van der Waals surface area contributed by atoms with Crippen molar-refractivity contribution in [1.82, 2.24) is 15.2 Å². The first kappa shape index (κ1) is 13.5. The molecule has 4 nitrogen and oxygen atoms in total. The molecule has 0 amide bonds. The summed E-state index contributed by atoms with van der Waals surface area (Å²) in [6.07, 6.45) is 5.13. The zero-order valence-electron chi connectivity index (χ0n) is 11.1. The molecule has 1 aliphatic carbocycles. The second-order valence-corrected chi connectivity index (χ2v) is 5.45. The van der Waals surface area contributed by atoms with Crippen LogP contribution >= 0.6 is 11.6 Å². The van der Waals surface area contributed by atoms with E-state index in [1.165, 1.54) is 25.7 Å². The molecule has 2 rings (SSSR count). The van der Waals surface area contributed by atoms with Crippen LogP contribution in [0.4, 0.5) is 5.95 Å². The van der Waals surface area contributed by atoms with E-state index in [4.69, 9.17) is 11.6 Å². The van der Waals surface area contributed by atoms with E-state index in [1.54, 1.807) is 0 Å². The number of hydrogen-bond acceptors (Lipinski definition) is 4. The zero-order valence-corrected chi connectivity index (χ0v) is 11.9. The van der Waals surface area contributed by atoms with Crippen molar-refractivity contribution in [3.05, 3.63) is 11.4 Å². The van der Waals surface area contributed by atoms with Crippen LogP contribution in [0.2, 0.25) is 0 Å². The van der Waals surface area contributed by atoms with E-state index in [2.05, 4.69) is 20.5 Å². The Bertz CT molecular complexity index is 397. The predicted octanol–water partition coefficient (Wildman–Crippen LogP) is 2.95. The smallest absolute Gasteiger partial charge is 0.242 e. The Kier molecular flexibility index (Phi) is 4.75. The molecule has 1 heterocycles. The molecule has 1 fully saturated rings. The van der Waals surface area contributed by atoms with Crippen molar-refractivity contribution in [2.75, 3.05) is 17.7 Å². The first-order valence-electron chi connectivity index (χ1n) is 6.68. The van der Waals surface area contributed by atoms with Gasteiger partial charge in [0.05, 0.1) is 11.4 Å². The van der Waals surface area contributed by atoms with Crippen molar-refractivity contribution < 1.29 is 0 Å². The number of aryl methyl sites for hydroxylation is 2. The summed E-state index contributed by atoms with van der Waals surface area (Å²) in [7, 11) is 0. The number of rotatable bonds is 4. The molecule has 1 aromatic heterocycles. The van der Waals surface area contributed by atoms with Gasteiger partial charge in [0.1, 0.15) is 0 Å². The molecule has 0 saturated heterocycles. The van der Waals surface area contributed by atoms with Crippen LogP contribution in [0.25, 0.3) is 0 Å². The standard InChI is InChI=1S/C13H21ClN4/c1-9-10(2)17-18-13(16-9)15-8-12-6-4-3-5-11(12)7-14/h11-12H,3-8H2,1-2H3,(H,15,16,18). The third-order valence-corrected chi connectivity index (χ3v) is 4.28. The quantitative estimate of drug-likeness (QED) is 0.853. The van der Waals surface area contributed by atoms with Crippen LogP contribution in [0.15, 0.2) is 0 Å². The summed E-state index contributed by atoms with van der Waals surface area (Å²) in [6.45, 7) is 4.78. The third kappa shape index (κ3) is 3.31. The number of hydrogen-bond donors (Lipinski definition) is 1. The number of nitrogens with one attached hydrogen (secondary N) is 1. The fraction of sp³-hybridized carbons (Fsp3) is 0.769. The van der Waals surface area contributed by atoms with Gasteiger partial charge in [0.2, 0.25) is 5.95 Å². The highest BCUT2D eigenvalue weighted by atomic mass is 35.5. The van der Waals surface area contributed by atoms with Crippen molar-refractivity contribution >= 4 is 17.5 Å². The number of aromatic nitrogens is 3. The molecular formula is C13H21ClN4. The van der Waals surface area contributed by atoms with Gasteiger partial charge in [0, 0.05) is 12.4 Å². The summed E-state index contributed by atoms with van der Waals surface area (Å²) in [5.41, 5.74) is 1.82. The lowest BCUT2D eigenvalue weighted by Gasteiger charge is -2.30. The second-order valence-electron chi connectivity index (χ2n) is 5.15. The molecule has 0 bridgehead atoms. The minimum absolute atomic E-state index is 0.632. The van der Waals surface area contributed by atoms with Crippen molar-refractivity contribution in [2.45, 2.75) is 39.5 Å². The van der Waals surface area contributed by atoms with E-state index in [1.807, 2.05) is 13.8 Å². The summed E-state index contributed by atoms with van der Waals surface area (Å²) < 4.78 is 0. The molecule has 0 radical (unpaired) electrons. The van der Waals surface area contributed by atoms with Gasteiger partial charge in [-0.25, -0.2) is 4.98 Å². The molecular weight excluding hydrogens is 248 g/mol. The van der Waals surface area contributed by atoms with Gasteiger partial charge in [-0.3, -0.25) is 0 Å². The van der Waals surface area contributed by atoms with E-state index in [-0.39, 0.29) is 0 Å². The minimum Gasteiger partial charge on any atom is -0.353 e. The van der Waals surface area contributed by atoms with Gasteiger partial charge in [-0.1, -0.05) is 12.8 Å². The van der Waals surface area contributed by atoms with Gasteiger partial charge < -0.3 is 5.32 Å². The first-order valence-corrected chi connectivity index (χ1v) is 7.22. The highest BCUT2D eigenvalue weighted by Gasteiger charge is 2.24. The van der Waals surface area contributed by atoms with Gasteiger partial charge in [0.25, 0.3) is 0 Å². The highest BCUT2D eigenvalue weighted by Crippen LogP contribution is 2.30. The molecule has 1 aromatic rings. The summed E-state index contributed by atoms with van der Waals surface area (Å²) >= 11 is 6.03. The molecule has 0 aliphatic heterocycles. The largest absolute Gasteiger partial charge is 0.353 e. The normalized spacial score (nSPS) is 23.9. The summed E-state index contributed by atoms with van der Waals surface area (Å²) in [5, 5.41) is 11.5. The topological polar surface area (TPSA) is 50.7 Å². The molecule has 1 saturated carbocycles. The summed E-state index contributed by atoms with van der Waals surface area (Å²) in [5.74, 6) is 2.67. The molecule has 1 N–H and O–H groups in total. The molecule has 1 aliphatic rings. The zero-order chi connectivity index (χ0) is 13.0. The Morgan fingerprint density at radius 3 is 2.50 bits per heavy atom. The summed E-state index contributed by atoms with van der Waals surface area (Å²) in [6, 6.07) is 0. The number of halogens is 1. The van der Waals surface area contributed by atoms with Crippen molar-refractivity contribution in [3.8, 4) is 0 Å². The van der Waals surface area contributed by atoms with E-state index in [0.717, 1.165) is 23.8 Å². The maximum Gasteiger partial charge on any atom is 0.242 e. The molecule has 2 atom stereocenters. The average Bonchev–Trinajstić information content (AvgIpc) is 2.40. The fourth-order valence-corrected chi connectivity index (χ4v) is 2.92. The van der Waals surface area contributed by atoms with Crippen molar-refractivity contribution in [3.63, 3.8) is 0 Å². The Morgan fingerprint density at radius 1 is 1.11 bits per heavy atom. The first-order chi connectivity index (χ1) is 8.70. The van der Waals surface area contributed by atoms with E-state index >= 15 is 0 Å². The second kappa shape index (κ2) is 6.32. The van der Waals surface area contributed by atoms with Crippen LogP contribution in [0.5, 0.6) is 0 Å². The van der Waals surface area contributed by atoms with E-state index < -0.39 is 0 Å². The van der Waals surface area contributed by atoms with Crippen LogP contribution in [0.1, 0.15) is 37.1 Å². The minimum atomic E-state index is 0.632. The molecule has 100 valence electrons. The highest BCUT2D eigenvalue weighted by molar-refractivity contribution is 6.18. The van der Waals surface area contributed by atoms with Gasteiger partial charge >= 0.3 is 0 Å². The lowest BCUT2D eigenvalue weighted by molar-refractivity contribution is 0.271. The maximum atomic E-state index is 6.03. The lowest BCUT2D eigenvalue weighted by atomic mass is 9.80. The van der Waals surface area contributed by atoms with E-state index in [9.17, 15) is 0 Å². The van der Waals surface area contributed by atoms with Gasteiger partial charge in [-0.05, 0) is 38.5 Å². The monoisotopic (exact) mass is 268 g/mol. The van der Waals surface area contributed by atoms with Gasteiger partial charge in [0.15, 0.2) is 0 Å². The van der Waals surface area contributed by atoms with Gasteiger partial charge in [-0.15, -0.1) is 16.7 Å². The average molecular weight is 269 g/mol. The van der Waals surface area contributed by atoms with Crippen LogP contribution in [0, 0.1) is 25.7 Å².